The van der Waals surface area contributed by atoms with Gasteiger partial charge in [0.1, 0.15) is 25.6 Å². The van der Waals surface area contributed by atoms with E-state index in [0.29, 0.717) is 35.6 Å². The number of methoxy groups -OCH3 is 1. The molecule has 29 heavy (non-hydrogen) atoms. The molecule has 0 bridgehead atoms. The topological polar surface area (TPSA) is 117 Å². The summed E-state index contributed by atoms with van der Waals surface area (Å²) in [4.78, 5) is 43.1. The minimum Gasteiger partial charge on any atom is -0.486 e. The fourth-order valence-electron chi connectivity index (χ4n) is 2.89. The van der Waals surface area contributed by atoms with Gasteiger partial charge in [-0.05, 0) is 36.4 Å². The SMILES string of the molecule is COC(=O)c1ccc2c(=O)[nH]c(COC(=O)c3ccc4c(c3)OCCO4)nc2c1. The van der Waals surface area contributed by atoms with E-state index in [1.54, 1.807) is 12.1 Å². The monoisotopic (exact) mass is 396 g/mol. The van der Waals surface area contributed by atoms with Crippen molar-refractivity contribution in [1.82, 2.24) is 9.97 Å². The van der Waals surface area contributed by atoms with Gasteiger partial charge in [-0.15, -0.1) is 0 Å². The van der Waals surface area contributed by atoms with Gasteiger partial charge in [-0.1, -0.05) is 0 Å². The molecule has 2 heterocycles. The highest BCUT2D eigenvalue weighted by Crippen LogP contribution is 2.31. The first-order valence-electron chi connectivity index (χ1n) is 8.73. The second-order valence-corrected chi connectivity index (χ2v) is 6.17. The van der Waals surface area contributed by atoms with E-state index in [9.17, 15) is 14.4 Å². The van der Waals surface area contributed by atoms with Gasteiger partial charge in [-0.3, -0.25) is 4.79 Å². The van der Waals surface area contributed by atoms with Crippen molar-refractivity contribution in [1.29, 1.82) is 0 Å². The first kappa shape index (κ1) is 18.5. The lowest BCUT2D eigenvalue weighted by Crippen LogP contribution is -2.17. The summed E-state index contributed by atoms with van der Waals surface area (Å²) in [5.74, 6) is 0.0389. The molecule has 0 aliphatic carbocycles. The molecule has 0 amide bonds. The average molecular weight is 396 g/mol. The van der Waals surface area contributed by atoms with E-state index in [4.69, 9.17) is 14.2 Å². The van der Waals surface area contributed by atoms with Crippen molar-refractivity contribution in [3.8, 4) is 11.5 Å². The number of ether oxygens (including phenoxy) is 4. The van der Waals surface area contributed by atoms with Gasteiger partial charge in [-0.2, -0.15) is 0 Å². The number of aromatic nitrogens is 2. The van der Waals surface area contributed by atoms with Gasteiger partial charge in [0.15, 0.2) is 11.5 Å². The summed E-state index contributed by atoms with van der Waals surface area (Å²) in [6.45, 7) is 0.609. The fourth-order valence-corrected chi connectivity index (χ4v) is 2.89. The maximum atomic E-state index is 12.3. The van der Waals surface area contributed by atoms with Crippen molar-refractivity contribution in [3.63, 3.8) is 0 Å². The van der Waals surface area contributed by atoms with Crippen LogP contribution in [0.1, 0.15) is 26.5 Å². The Bertz CT molecular complexity index is 1170. The van der Waals surface area contributed by atoms with Crippen molar-refractivity contribution in [2.24, 2.45) is 0 Å². The molecule has 0 unspecified atom stereocenters. The normalized spacial score (nSPS) is 12.4. The minimum absolute atomic E-state index is 0.149. The van der Waals surface area contributed by atoms with E-state index < -0.39 is 17.5 Å². The Morgan fingerprint density at radius 3 is 2.55 bits per heavy atom. The lowest BCUT2D eigenvalue weighted by atomic mass is 10.1. The molecule has 3 aromatic rings. The maximum Gasteiger partial charge on any atom is 0.338 e. The van der Waals surface area contributed by atoms with E-state index in [1.807, 2.05) is 0 Å². The zero-order valence-electron chi connectivity index (χ0n) is 15.4. The average Bonchev–Trinajstić information content (AvgIpc) is 2.76. The molecule has 0 saturated carbocycles. The Kier molecular flexibility index (Phi) is 4.86. The quantitative estimate of drug-likeness (QED) is 0.664. The van der Waals surface area contributed by atoms with Crippen molar-refractivity contribution < 1.29 is 28.5 Å². The minimum atomic E-state index is -0.604. The van der Waals surface area contributed by atoms with Gasteiger partial charge in [0.25, 0.3) is 5.56 Å². The lowest BCUT2D eigenvalue weighted by molar-refractivity contribution is 0.0461. The van der Waals surface area contributed by atoms with Gasteiger partial charge in [0.05, 0.1) is 29.1 Å². The summed E-state index contributed by atoms with van der Waals surface area (Å²) in [5.41, 5.74) is 0.432. The molecule has 0 atom stereocenters. The number of fused-ring (bicyclic) bond motifs is 2. The zero-order chi connectivity index (χ0) is 20.4. The lowest BCUT2D eigenvalue weighted by Gasteiger charge is -2.18. The first-order valence-corrected chi connectivity index (χ1v) is 8.73. The van der Waals surface area contributed by atoms with Crippen LogP contribution in [0.5, 0.6) is 11.5 Å². The molecule has 0 fully saturated rings. The highest BCUT2D eigenvalue weighted by Gasteiger charge is 2.16. The van der Waals surface area contributed by atoms with Crippen molar-refractivity contribution in [2.45, 2.75) is 6.61 Å². The summed E-state index contributed by atoms with van der Waals surface area (Å²) < 4.78 is 20.8. The van der Waals surface area contributed by atoms with Crippen LogP contribution >= 0.6 is 0 Å². The van der Waals surface area contributed by atoms with E-state index in [-0.39, 0.29) is 23.6 Å². The second kappa shape index (κ2) is 7.63. The largest absolute Gasteiger partial charge is 0.486 e. The van der Waals surface area contributed by atoms with Crippen LogP contribution in [0.2, 0.25) is 0 Å². The highest BCUT2D eigenvalue weighted by atomic mass is 16.6. The molecular weight excluding hydrogens is 380 g/mol. The molecule has 1 aromatic heterocycles. The van der Waals surface area contributed by atoms with Gasteiger partial charge < -0.3 is 23.9 Å². The Balaban J connectivity index is 1.53. The summed E-state index contributed by atoms with van der Waals surface area (Å²) in [7, 11) is 1.26. The summed E-state index contributed by atoms with van der Waals surface area (Å²) in [5, 5.41) is 0.305. The van der Waals surface area contributed by atoms with Crippen LogP contribution in [0.25, 0.3) is 10.9 Å². The fraction of sp³-hybridized carbons (Fsp3) is 0.200. The molecule has 9 heteroatoms. The molecular formula is C20H16N2O7. The highest BCUT2D eigenvalue weighted by molar-refractivity contribution is 5.94. The Morgan fingerprint density at radius 1 is 1.03 bits per heavy atom. The second-order valence-electron chi connectivity index (χ2n) is 6.17. The van der Waals surface area contributed by atoms with Crippen molar-refractivity contribution >= 4 is 22.8 Å². The number of aromatic amines is 1. The molecule has 0 radical (unpaired) electrons. The zero-order valence-corrected chi connectivity index (χ0v) is 15.4. The van der Waals surface area contributed by atoms with E-state index in [0.717, 1.165) is 0 Å². The van der Waals surface area contributed by atoms with Gasteiger partial charge in [0.2, 0.25) is 0 Å². The Labute approximate surface area is 164 Å². The number of esters is 2. The predicted molar refractivity (Wildman–Crippen MR) is 100 cm³/mol. The van der Waals surface area contributed by atoms with Crippen LogP contribution in [-0.4, -0.2) is 42.2 Å². The first-order chi connectivity index (χ1) is 14.0. The third-order valence-electron chi connectivity index (χ3n) is 4.29. The number of benzene rings is 2. The third kappa shape index (κ3) is 3.75. The van der Waals surface area contributed by atoms with E-state index in [1.165, 1.54) is 31.4 Å². The van der Waals surface area contributed by atoms with Crippen molar-refractivity contribution in [3.05, 3.63) is 63.7 Å². The van der Waals surface area contributed by atoms with Gasteiger partial charge in [-0.25, -0.2) is 14.6 Å². The number of nitrogens with zero attached hydrogens (tertiary/aromatic N) is 1. The van der Waals surface area contributed by atoms with Crippen LogP contribution in [0, 0.1) is 0 Å². The molecule has 1 aliphatic heterocycles. The summed E-state index contributed by atoms with van der Waals surface area (Å²) >= 11 is 0. The summed E-state index contributed by atoms with van der Waals surface area (Å²) in [6.07, 6.45) is 0. The van der Waals surface area contributed by atoms with Crippen molar-refractivity contribution in [2.75, 3.05) is 20.3 Å². The van der Waals surface area contributed by atoms with Gasteiger partial charge >= 0.3 is 11.9 Å². The molecule has 0 spiro atoms. The van der Waals surface area contributed by atoms with Crippen LogP contribution in [0.4, 0.5) is 0 Å². The molecule has 0 saturated heterocycles. The van der Waals surface area contributed by atoms with Crippen LogP contribution < -0.4 is 15.0 Å². The number of carbonyl (C=O) groups excluding carboxylic acids is 2. The van der Waals surface area contributed by atoms with Crippen LogP contribution in [0.15, 0.2) is 41.2 Å². The van der Waals surface area contributed by atoms with E-state index >= 15 is 0 Å². The summed E-state index contributed by atoms with van der Waals surface area (Å²) in [6, 6.07) is 9.15. The number of carbonyl (C=O) groups is 2. The molecule has 1 aliphatic rings. The Morgan fingerprint density at radius 2 is 1.76 bits per heavy atom. The number of hydrogen-bond acceptors (Lipinski definition) is 8. The standard InChI is InChI=1S/C20H16N2O7/c1-26-19(24)11-2-4-13-14(8-11)21-17(22-18(13)23)10-29-20(25)12-3-5-15-16(9-12)28-7-6-27-15/h2-5,8-9H,6-7,10H2,1H3,(H,21,22,23). The molecule has 4 rings (SSSR count). The molecule has 148 valence electrons. The molecule has 1 N–H and O–H groups in total. The number of H-pyrrole nitrogens is 1. The van der Waals surface area contributed by atoms with Crippen LogP contribution in [0.3, 0.4) is 0 Å². The smallest absolute Gasteiger partial charge is 0.338 e. The molecule has 2 aromatic carbocycles. The van der Waals surface area contributed by atoms with Crippen LogP contribution in [-0.2, 0) is 16.1 Å². The number of hydrogen-bond donors (Lipinski definition) is 1. The number of rotatable bonds is 4. The maximum absolute atomic E-state index is 12.3. The predicted octanol–water partition coefficient (Wildman–Crippen LogP) is 1.84. The molecule has 9 nitrogen and oxygen atoms in total. The third-order valence-corrected chi connectivity index (χ3v) is 4.29. The Hall–Kier alpha value is -3.88. The van der Waals surface area contributed by atoms with E-state index in [2.05, 4.69) is 14.7 Å². The van der Waals surface area contributed by atoms with Gasteiger partial charge in [0, 0.05) is 0 Å². The number of nitrogens with one attached hydrogen (secondary N) is 1.